The van der Waals surface area contributed by atoms with Crippen molar-refractivity contribution < 1.29 is 0 Å². The molecule has 66 valence electrons. The van der Waals surface area contributed by atoms with Crippen molar-refractivity contribution in [3.8, 4) is 0 Å². The largest absolute Gasteiger partial charge is 0.400 e. The fourth-order valence-corrected chi connectivity index (χ4v) is 0.878. The molecule has 0 aromatic heterocycles. The zero-order valence-corrected chi connectivity index (χ0v) is 7.20. The lowest BCUT2D eigenvalue weighted by molar-refractivity contribution is 0.789. The van der Waals surface area contributed by atoms with Crippen LogP contribution < -0.4 is 16.8 Å². The number of aliphatic imine (C=N–C) groups is 2. The fourth-order valence-electron chi connectivity index (χ4n) is 0.878. The first kappa shape index (κ1) is 8.73. The zero-order valence-electron chi connectivity index (χ0n) is 7.20. The van der Waals surface area contributed by atoms with E-state index in [9.17, 15) is 0 Å². The summed E-state index contributed by atoms with van der Waals surface area (Å²) in [7, 11) is 0. The van der Waals surface area contributed by atoms with Gasteiger partial charge in [0, 0.05) is 5.70 Å². The molecule has 5 heteroatoms. The zero-order chi connectivity index (χ0) is 9.14. The lowest BCUT2D eigenvalue weighted by atomic mass is 10.3. The molecule has 1 atom stereocenters. The highest BCUT2D eigenvalue weighted by Gasteiger charge is 2.12. The molecule has 1 heterocycles. The number of amidine groups is 1. The minimum Gasteiger partial charge on any atom is -0.400 e. The summed E-state index contributed by atoms with van der Waals surface area (Å²) < 4.78 is 0. The molecule has 0 saturated carbocycles. The summed E-state index contributed by atoms with van der Waals surface area (Å²) >= 11 is 0. The van der Waals surface area contributed by atoms with Crippen LogP contribution in [-0.2, 0) is 0 Å². The summed E-state index contributed by atoms with van der Waals surface area (Å²) in [5, 5.41) is 2.86. The molecule has 0 aromatic carbocycles. The molecule has 0 fully saturated rings. The first-order chi connectivity index (χ1) is 5.61. The van der Waals surface area contributed by atoms with Crippen molar-refractivity contribution in [3.63, 3.8) is 0 Å². The first-order valence-electron chi connectivity index (χ1n) is 3.70. The second-order valence-corrected chi connectivity index (χ2v) is 2.65. The molecule has 12 heavy (non-hydrogen) atoms. The smallest absolute Gasteiger partial charge is 0.155 e. The minimum atomic E-state index is -0.247. The molecule has 5 nitrogen and oxygen atoms in total. The van der Waals surface area contributed by atoms with Gasteiger partial charge >= 0.3 is 0 Å². The van der Waals surface area contributed by atoms with Gasteiger partial charge in [-0.25, -0.2) is 9.98 Å². The van der Waals surface area contributed by atoms with Crippen molar-refractivity contribution in [2.45, 2.75) is 20.0 Å². The lowest BCUT2D eigenvalue weighted by Crippen LogP contribution is -2.23. The third-order valence-electron chi connectivity index (χ3n) is 1.33. The monoisotopic (exact) mass is 167 g/mol. The number of hydrogen-bond donors (Lipinski definition) is 3. The van der Waals surface area contributed by atoms with E-state index < -0.39 is 0 Å². The Morgan fingerprint density at radius 2 is 2.42 bits per heavy atom. The average Bonchev–Trinajstić information content (AvgIpc) is 2.33. The number of nitrogens with two attached hydrogens (primary N) is 2. The summed E-state index contributed by atoms with van der Waals surface area (Å²) in [5.74, 6) is 0.644. The Hall–Kier alpha value is -1.36. The highest BCUT2D eigenvalue weighted by Crippen LogP contribution is 2.06. The third-order valence-corrected chi connectivity index (χ3v) is 1.33. The molecule has 5 N–H and O–H groups in total. The lowest BCUT2D eigenvalue weighted by Gasteiger charge is -2.03. The maximum Gasteiger partial charge on any atom is 0.155 e. The topological polar surface area (TPSA) is 88.8 Å². The van der Waals surface area contributed by atoms with Gasteiger partial charge in [0.1, 0.15) is 5.70 Å². The summed E-state index contributed by atoms with van der Waals surface area (Å²) in [5.41, 5.74) is 12.4. The molecule has 0 aliphatic carbocycles. The van der Waals surface area contributed by atoms with Crippen LogP contribution in [0.1, 0.15) is 13.8 Å². The van der Waals surface area contributed by atoms with E-state index >= 15 is 0 Å². The quantitative estimate of drug-likeness (QED) is 0.492. The van der Waals surface area contributed by atoms with Crippen molar-refractivity contribution in [3.05, 3.63) is 11.4 Å². The number of allylic oxidation sites excluding steroid dienone is 1. The van der Waals surface area contributed by atoms with Crippen LogP contribution in [0.5, 0.6) is 0 Å². The number of rotatable bonds is 1. The summed E-state index contributed by atoms with van der Waals surface area (Å²) in [4.78, 5) is 8.10. The van der Waals surface area contributed by atoms with E-state index in [1.807, 2.05) is 0 Å². The van der Waals surface area contributed by atoms with Gasteiger partial charge in [0.25, 0.3) is 0 Å². The van der Waals surface area contributed by atoms with Crippen LogP contribution in [0.3, 0.4) is 0 Å². The van der Waals surface area contributed by atoms with Gasteiger partial charge in [-0.05, 0) is 13.8 Å². The van der Waals surface area contributed by atoms with Crippen LogP contribution in [-0.4, -0.2) is 18.3 Å². The van der Waals surface area contributed by atoms with Gasteiger partial charge in [-0.15, -0.1) is 0 Å². The van der Waals surface area contributed by atoms with Crippen LogP contribution in [0.15, 0.2) is 21.4 Å². The van der Waals surface area contributed by atoms with E-state index in [0.29, 0.717) is 17.2 Å². The standard InChI is InChI=1S/C7H13N5/c1-4(8)6-7(11-3-10-6)12-5(2)9/h3,5H,8-9H2,1-2H3,(H,10,11,12)/b6-4+. The molecule has 1 aliphatic heterocycles. The van der Waals surface area contributed by atoms with Crippen LogP contribution >= 0.6 is 0 Å². The van der Waals surface area contributed by atoms with Crippen molar-refractivity contribution in [2.24, 2.45) is 21.5 Å². The number of nitrogens with one attached hydrogen (secondary N) is 1. The maximum atomic E-state index is 5.57. The van der Waals surface area contributed by atoms with Gasteiger partial charge in [0.15, 0.2) is 5.84 Å². The van der Waals surface area contributed by atoms with Crippen LogP contribution in [0, 0.1) is 0 Å². The Morgan fingerprint density at radius 3 is 2.92 bits per heavy atom. The molecule has 0 amide bonds. The molecule has 0 aromatic rings. The van der Waals surface area contributed by atoms with Gasteiger partial charge in [-0.2, -0.15) is 0 Å². The van der Waals surface area contributed by atoms with E-state index in [0.717, 1.165) is 0 Å². The first-order valence-corrected chi connectivity index (χ1v) is 3.70. The van der Waals surface area contributed by atoms with Gasteiger partial charge in [-0.3, -0.25) is 0 Å². The van der Waals surface area contributed by atoms with Crippen molar-refractivity contribution in [1.29, 1.82) is 0 Å². The van der Waals surface area contributed by atoms with Gasteiger partial charge < -0.3 is 16.8 Å². The van der Waals surface area contributed by atoms with Gasteiger partial charge in [0.2, 0.25) is 0 Å². The molecule has 0 bridgehead atoms. The van der Waals surface area contributed by atoms with E-state index in [2.05, 4.69) is 15.3 Å². The van der Waals surface area contributed by atoms with Crippen LogP contribution in [0.4, 0.5) is 0 Å². The molecule has 1 unspecified atom stereocenters. The van der Waals surface area contributed by atoms with Gasteiger partial charge in [-0.1, -0.05) is 0 Å². The molecule has 0 spiro atoms. The van der Waals surface area contributed by atoms with Crippen molar-refractivity contribution in [2.75, 3.05) is 0 Å². The second kappa shape index (κ2) is 3.36. The Morgan fingerprint density at radius 1 is 1.75 bits per heavy atom. The second-order valence-electron chi connectivity index (χ2n) is 2.65. The van der Waals surface area contributed by atoms with E-state index in [1.165, 1.54) is 0 Å². The summed E-state index contributed by atoms with van der Waals surface area (Å²) in [6.45, 7) is 3.56. The molecule has 0 saturated heterocycles. The third kappa shape index (κ3) is 1.82. The summed E-state index contributed by atoms with van der Waals surface area (Å²) in [6.07, 6.45) is 1.30. The Bertz CT molecular complexity index is 257. The average molecular weight is 167 g/mol. The van der Waals surface area contributed by atoms with Gasteiger partial charge in [0.05, 0.1) is 12.5 Å². The Balaban J connectivity index is 2.90. The predicted molar refractivity (Wildman–Crippen MR) is 49.6 cm³/mol. The maximum absolute atomic E-state index is 5.57. The Labute approximate surface area is 71.3 Å². The van der Waals surface area contributed by atoms with E-state index in [4.69, 9.17) is 11.5 Å². The SMILES string of the molecule is C/C(N)=C1\N=CN\C1=N\C(C)N. The molecular weight excluding hydrogens is 154 g/mol. The van der Waals surface area contributed by atoms with E-state index in [1.54, 1.807) is 20.2 Å². The van der Waals surface area contributed by atoms with Crippen molar-refractivity contribution >= 4 is 12.2 Å². The predicted octanol–water partition coefficient (Wildman–Crippen LogP) is -0.489. The highest BCUT2D eigenvalue weighted by molar-refractivity contribution is 6.09. The number of nitrogens with zero attached hydrogens (tertiary/aromatic N) is 2. The van der Waals surface area contributed by atoms with Crippen LogP contribution in [0.2, 0.25) is 0 Å². The minimum absolute atomic E-state index is 0.247. The normalized spacial score (nSPS) is 25.8. The molecule has 1 aliphatic rings. The Kier molecular flexibility index (Phi) is 2.44. The van der Waals surface area contributed by atoms with Crippen molar-refractivity contribution in [1.82, 2.24) is 5.32 Å². The van der Waals surface area contributed by atoms with Crippen LogP contribution in [0.25, 0.3) is 0 Å². The van der Waals surface area contributed by atoms with E-state index in [-0.39, 0.29) is 6.17 Å². The molecular formula is C7H13N5. The molecule has 1 rings (SSSR count). The highest BCUT2D eigenvalue weighted by atomic mass is 15.1. The number of hydrogen-bond acceptors (Lipinski definition) is 4. The molecule has 0 radical (unpaired) electrons. The fraction of sp³-hybridized carbons (Fsp3) is 0.429. The summed E-state index contributed by atoms with van der Waals surface area (Å²) in [6, 6.07) is 0.